The third-order valence-corrected chi connectivity index (χ3v) is 5.38. The lowest BCUT2D eigenvalue weighted by atomic mass is 10.0. The van der Waals surface area contributed by atoms with Crippen LogP contribution in [0, 0.1) is 5.92 Å². The van der Waals surface area contributed by atoms with Gasteiger partial charge in [0.05, 0.1) is 0 Å². The van der Waals surface area contributed by atoms with Crippen LogP contribution in [-0.4, -0.2) is 16.0 Å². The van der Waals surface area contributed by atoms with E-state index in [2.05, 4.69) is 15.5 Å². The molecule has 0 spiro atoms. The van der Waals surface area contributed by atoms with E-state index < -0.39 is 0 Å². The molecule has 1 fully saturated rings. The normalized spacial score (nSPS) is 15.5. The second-order valence-corrected chi connectivity index (χ2v) is 7.64. The van der Waals surface area contributed by atoms with Gasteiger partial charge in [-0.2, -0.15) is 4.98 Å². The zero-order valence-corrected chi connectivity index (χ0v) is 16.2. The third-order valence-electron chi connectivity index (χ3n) is 5.15. The molecule has 0 aliphatic heterocycles. The number of carbonyl (C=O) groups excluding carboxylic acids is 1. The summed E-state index contributed by atoms with van der Waals surface area (Å²) >= 11 is 6.07. The minimum Gasteiger partial charge on any atom is -0.344 e. The van der Waals surface area contributed by atoms with Crippen LogP contribution in [0.4, 0.5) is 0 Å². The predicted octanol–water partition coefficient (Wildman–Crippen LogP) is 4.98. The van der Waals surface area contributed by atoms with Crippen molar-refractivity contribution in [3.8, 4) is 11.4 Å². The molecule has 3 aromatic rings. The maximum Gasteiger partial charge on any atom is 0.249 e. The molecule has 6 heteroatoms. The third kappa shape index (κ3) is 4.42. The molecule has 1 amide bonds. The summed E-state index contributed by atoms with van der Waals surface area (Å²) < 4.78 is 5.54. The second kappa shape index (κ2) is 8.57. The number of carbonyl (C=O) groups is 1. The van der Waals surface area contributed by atoms with Crippen LogP contribution >= 0.6 is 11.6 Å². The molecule has 1 aliphatic rings. The standard InChI is InChI=1S/C22H22ClN3O2/c23-18-12-6-11-17(14-18)20-25-22(28-26-20)19(13-15-7-2-1-3-8-15)24-21(27)16-9-4-5-10-16/h1-3,6-8,11-12,14,16,19H,4-5,9-10,13H2,(H,24,27)/t19-/m0/s1. The van der Waals surface area contributed by atoms with E-state index in [4.69, 9.17) is 16.1 Å². The van der Waals surface area contributed by atoms with Gasteiger partial charge in [0, 0.05) is 22.9 Å². The molecule has 0 saturated heterocycles. The van der Waals surface area contributed by atoms with E-state index in [0.29, 0.717) is 23.2 Å². The average Bonchev–Trinajstić information content (AvgIpc) is 3.41. The first kappa shape index (κ1) is 18.7. The van der Waals surface area contributed by atoms with Gasteiger partial charge < -0.3 is 9.84 Å². The fraction of sp³-hybridized carbons (Fsp3) is 0.318. The summed E-state index contributed by atoms with van der Waals surface area (Å²) in [7, 11) is 0. The number of hydrogen-bond acceptors (Lipinski definition) is 4. The molecule has 5 nitrogen and oxygen atoms in total. The number of nitrogens with zero attached hydrogens (tertiary/aromatic N) is 2. The molecule has 0 bridgehead atoms. The number of benzene rings is 2. The highest BCUT2D eigenvalue weighted by molar-refractivity contribution is 6.30. The van der Waals surface area contributed by atoms with Gasteiger partial charge in [-0.3, -0.25) is 4.79 Å². The van der Waals surface area contributed by atoms with Gasteiger partial charge in [-0.1, -0.05) is 72.1 Å². The number of nitrogens with one attached hydrogen (secondary N) is 1. The number of aromatic nitrogens is 2. The number of hydrogen-bond donors (Lipinski definition) is 1. The maximum absolute atomic E-state index is 12.7. The van der Waals surface area contributed by atoms with Gasteiger partial charge in [-0.05, 0) is 30.5 Å². The smallest absolute Gasteiger partial charge is 0.249 e. The Balaban J connectivity index is 1.58. The van der Waals surface area contributed by atoms with E-state index in [0.717, 1.165) is 36.8 Å². The number of halogens is 1. The highest BCUT2D eigenvalue weighted by atomic mass is 35.5. The van der Waals surface area contributed by atoms with E-state index in [9.17, 15) is 4.79 Å². The second-order valence-electron chi connectivity index (χ2n) is 7.20. The van der Waals surface area contributed by atoms with Crippen molar-refractivity contribution in [2.75, 3.05) is 0 Å². The fourth-order valence-corrected chi connectivity index (χ4v) is 3.84. The Morgan fingerprint density at radius 3 is 2.68 bits per heavy atom. The number of amides is 1. The summed E-state index contributed by atoms with van der Waals surface area (Å²) in [6.07, 6.45) is 4.71. The molecular formula is C22H22ClN3O2. The van der Waals surface area contributed by atoms with Gasteiger partial charge in [-0.25, -0.2) is 0 Å². The average molecular weight is 396 g/mol. The highest BCUT2D eigenvalue weighted by Gasteiger charge is 2.28. The summed E-state index contributed by atoms with van der Waals surface area (Å²) in [5.74, 6) is 1.02. The predicted molar refractivity (Wildman–Crippen MR) is 108 cm³/mol. The fourth-order valence-electron chi connectivity index (χ4n) is 3.65. The van der Waals surface area contributed by atoms with Crippen LogP contribution in [0.3, 0.4) is 0 Å². The molecule has 1 aliphatic carbocycles. The van der Waals surface area contributed by atoms with E-state index in [-0.39, 0.29) is 17.9 Å². The molecule has 144 valence electrons. The maximum atomic E-state index is 12.7. The first-order valence-electron chi connectivity index (χ1n) is 9.63. The van der Waals surface area contributed by atoms with Crippen molar-refractivity contribution < 1.29 is 9.32 Å². The summed E-state index contributed by atoms with van der Waals surface area (Å²) in [5.41, 5.74) is 1.88. The topological polar surface area (TPSA) is 68.0 Å². The lowest BCUT2D eigenvalue weighted by Gasteiger charge is -2.18. The first-order valence-corrected chi connectivity index (χ1v) is 10.0. The molecule has 0 radical (unpaired) electrons. The zero-order valence-electron chi connectivity index (χ0n) is 15.5. The van der Waals surface area contributed by atoms with Crippen molar-refractivity contribution in [2.45, 2.75) is 38.1 Å². The van der Waals surface area contributed by atoms with Crippen LogP contribution < -0.4 is 5.32 Å². The molecule has 0 unspecified atom stereocenters. The monoisotopic (exact) mass is 395 g/mol. The molecule has 1 atom stereocenters. The Bertz CT molecular complexity index is 936. The first-order chi connectivity index (χ1) is 13.7. The van der Waals surface area contributed by atoms with Crippen molar-refractivity contribution in [2.24, 2.45) is 5.92 Å². The molecule has 1 N–H and O–H groups in total. The van der Waals surface area contributed by atoms with Gasteiger partial charge in [-0.15, -0.1) is 0 Å². The molecule has 2 aromatic carbocycles. The largest absolute Gasteiger partial charge is 0.344 e. The van der Waals surface area contributed by atoms with E-state index in [1.165, 1.54) is 0 Å². The molecule has 28 heavy (non-hydrogen) atoms. The van der Waals surface area contributed by atoms with E-state index in [1.54, 1.807) is 12.1 Å². The van der Waals surface area contributed by atoms with Crippen LogP contribution in [0.15, 0.2) is 59.1 Å². The minimum absolute atomic E-state index is 0.0703. The van der Waals surface area contributed by atoms with Crippen LogP contribution in [0.5, 0.6) is 0 Å². The van der Waals surface area contributed by atoms with Crippen LogP contribution in [0.25, 0.3) is 11.4 Å². The molecule has 1 aromatic heterocycles. The van der Waals surface area contributed by atoms with Crippen molar-refractivity contribution >= 4 is 17.5 Å². The van der Waals surface area contributed by atoms with Crippen LogP contribution in [0.2, 0.25) is 5.02 Å². The minimum atomic E-state index is -0.365. The molecule has 1 heterocycles. The van der Waals surface area contributed by atoms with Crippen LogP contribution in [0.1, 0.15) is 43.2 Å². The Morgan fingerprint density at radius 2 is 1.93 bits per heavy atom. The molecule has 4 rings (SSSR count). The van der Waals surface area contributed by atoms with Gasteiger partial charge in [0.15, 0.2) is 0 Å². The lowest BCUT2D eigenvalue weighted by molar-refractivity contribution is -0.125. The summed E-state index contributed by atoms with van der Waals surface area (Å²) in [6, 6.07) is 16.9. The van der Waals surface area contributed by atoms with Crippen molar-refractivity contribution in [1.82, 2.24) is 15.5 Å². The zero-order chi connectivity index (χ0) is 19.3. The Labute approximate surface area is 169 Å². The van der Waals surface area contributed by atoms with Crippen LogP contribution in [-0.2, 0) is 11.2 Å². The van der Waals surface area contributed by atoms with E-state index >= 15 is 0 Å². The van der Waals surface area contributed by atoms with Gasteiger partial charge in [0.25, 0.3) is 0 Å². The molecular weight excluding hydrogens is 374 g/mol. The quantitative estimate of drug-likeness (QED) is 0.639. The Hall–Kier alpha value is -2.66. The van der Waals surface area contributed by atoms with E-state index in [1.807, 2.05) is 42.5 Å². The lowest BCUT2D eigenvalue weighted by Crippen LogP contribution is -2.34. The highest BCUT2D eigenvalue weighted by Crippen LogP contribution is 2.27. The summed E-state index contributed by atoms with van der Waals surface area (Å²) in [5, 5.41) is 7.85. The SMILES string of the molecule is O=C(N[C@@H](Cc1ccccc1)c1nc(-c2cccc(Cl)c2)no1)C1CCCC1. The van der Waals surface area contributed by atoms with Gasteiger partial charge >= 0.3 is 0 Å². The Kier molecular flexibility index (Phi) is 5.72. The van der Waals surface area contributed by atoms with Gasteiger partial charge in [0.2, 0.25) is 17.6 Å². The van der Waals surface area contributed by atoms with Crippen molar-refractivity contribution in [3.63, 3.8) is 0 Å². The summed E-state index contributed by atoms with van der Waals surface area (Å²) in [4.78, 5) is 17.3. The number of rotatable bonds is 6. The van der Waals surface area contributed by atoms with Crippen molar-refractivity contribution in [1.29, 1.82) is 0 Å². The van der Waals surface area contributed by atoms with Crippen molar-refractivity contribution in [3.05, 3.63) is 71.1 Å². The summed E-state index contributed by atoms with van der Waals surface area (Å²) in [6.45, 7) is 0. The van der Waals surface area contributed by atoms with Gasteiger partial charge in [0.1, 0.15) is 6.04 Å². The Morgan fingerprint density at radius 1 is 1.14 bits per heavy atom. The molecule has 1 saturated carbocycles.